The maximum Gasteiger partial charge on any atom is 0.256 e. The molecule has 4 heterocycles. The van der Waals surface area contributed by atoms with Gasteiger partial charge in [-0.3, -0.25) is 0 Å². The average molecular weight is 564 g/mol. The van der Waals surface area contributed by atoms with E-state index >= 15 is 0 Å². The minimum atomic E-state index is -3.47. The summed E-state index contributed by atoms with van der Waals surface area (Å²) in [6.45, 7) is 3.80. The number of pyridine rings is 1. The molecular weight excluding hydrogens is 530 g/mol. The molecule has 0 bridgehead atoms. The van der Waals surface area contributed by atoms with Gasteiger partial charge in [0.25, 0.3) is 10.0 Å². The summed E-state index contributed by atoms with van der Waals surface area (Å²) in [5.41, 5.74) is 1.14. The van der Waals surface area contributed by atoms with E-state index in [1.165, 1.54) is 12.4 Å². The second kappa shape index (κ2) is 10.1. The van der Waals surface area contributed by atoms with Crippen LogP contribution in [0.5, 0.6) is 0 Å². The summed E-state index contributed by atoms with van der Waals surface area (Å²) < 4.78 is 26.0. The van der Waals surface area contributed by atoms with Gasteiger partial charge in [-0.25, -0.2) is 23.4 Å². The molecule has 210 valence electrons. The van der Waals surface area contributed by atoms with Crippen molar-refractivity contribution in [3.63, 3.8) is 0 Å². The summed E-state index contributed by atoms with van der Waals surface area (Å²) in [6, 6.07) is 3.64. The molecule has 0 radical (unpaired) electrons. The summed E-state index contributed by atoms with van der Waals surface area (Å²) >= 11 is 0. The molecule has 0 unspecified atom stereocenters. The van der Waals surface area contributed by atoms with Crippen LogP contribution in [-0.2, 0) is 10.0 Å². The third-order valence-corrected chi connectivity index (χ3v) is 10.2. The van der Waals surface area contributed by atoms with Crippen molar-refractivity contribution in [1.82, 2.24) is 24.1 Å². The van der Waals surface area contributed by atoms with Gasteiger partial charge in [0.05, 0.1) is 34.5 Å². The zero-order chi connectivity index (χ0) is 28.0. The van der Waals surface area contributed by atoms with Crippen LogP contribution in [-0.4, -0.2) is 73.3 Å². The molecule has 0 amide bonds. The highest BCUT2D eigenvalue weighted by Crippen LogP contribution is 2.35. The Morgan fingerprint density at radius 3 is 2.58 bits per heavy atom. The largest absolute Gasteiger partial charge is 0.396 e. The molecule has 3 aliphatic rings. The van der Waals surface area contributed by atoms with Gasteiger partial charge in [0.1, 0.15) is 17.2 Å². The molecule has 2 saturated carbocycles. The zero-order valence-corrected chi connectivity index (χ0v) is 23.2. The summed E-state index contributed by atoms with van der Waals surface area (Å²) in [6.07, 6.45) is 11.6. The summed E-state index contributed by atoms with van der Waals surface area (Å²) in [5.74, 6) is 7.62. The van der Waals surface area contributed by atoms with Gasteiger partial charge in [0, 0.05) is 38.2 Å². The van der Waals surface area contributed by atoms with Crippen LogP contribution in [0.15, 0.2) is 36.9 Å². The van der Waals surface area contributed by atoms with Gasteiger partial charge in [0.15, 0.2) is 5.82 Å². The van der Waals surface area contributed by atoms with Gasteiger partial charge in [0.2, 0.25) is 0 Å². The fourth-order valence-electron chi connectivity index (χ4n) is 4.91. The Balaban J connectivity index is 1.26. The molecule has 3 aromatic heterocycles. The molecule has 0 aromatic carbocycles. The van der Waals surface area contributed by atoms with E-state index in [9.17, 15) is 18.6 Å². The molecule has 0 atom stereocenters. The van der Waals surface area contributed by atoms with Crippen molar-refractivity contribution in [1.29, 1.82) is 0 Å². The normalized spacial score (nSPS) is 19.8. The van der Waals surface area contributed by atoms with E-state index in [4.69, 9.17) is 0 Å². The second-order valence-corrected chi connectivity index (χ2v) is 13.5. The molecule has 11 nitrogen and oxygen atoms in total. The first kappa shape index (κ1) is 26.7. The van der Waals surface area contributed by atoms with Crippen LogP contribution in [0, 0.1) is 17.3 Å². The lowest BCUT2D eigenvalue weighted by molar-refractivity contribution is 0.0240. The fraction of sp³-hybridized carbons (Fsp3) is 0.500. The van der Waals surface area contributed by atoms with Crippen LogP contribution in [0.2, 0.25) is 0 Å². The fourth-order valence-corrected chi connectivity index (χ4v) is 6.39. The third-order valence-electron chi connectivity index (χ3n) is 8.12. The summed E-state index contributed by atoms with van der Waals surface area (Å²) in [4.78, 5) is 15.7. The van der Waals surface area contributed by atoms with Crippen LogP contribution in [0.3, 0.4) is 0 Å². The third kappa shape index (κ3) is 5.41. The van der Waals surface area contributed by atoms with E-state index in [0.29, 0.717) is 48.7 Å². The molecule has 6 rings (SSSR count). The smallest absolute Gasteiger partial charge is 0.256 e. The van der Waals surface area contributed by atoms with Crippen molar-refractivity contribution in [2.24, 2.45) is 5.41 Å². The molecule has 0 spiro atoms. The van der Waals surface area contributed by atoms with Crippen molar-refractivity contribution in [3.05, 3.63) is 42.5 Å². The Kier molecular flexibility index (Phi) is 6.76. The first-order valence-electron chi connectivity index (χ1n) is 13.7. The van der Waals surface area contributed by atoms with Crippen LogP contribution in [0.25, 0.3) is 11.4 Å². The number of hydrogen-bond donors (Lipinski definition) is 3. The van der Waals surface area contributed by atoms with Gasteiger partial charge in [-0.15, -0.1) is 0 Å². The standard InChI is InChI=1S/C28H33N7O4S/c1-27(19-36)10-13-34(14-11-27)23-15-25(30-16-20(23)5-9-28(37)7-2-8-28)32-24-6-12-29-26(33-24)21-17-31-35(18-21)40(38,39)22-3-4-22/h6,12,15-18,22,36-37H,2-4,7-8,10-11,13-14,19H2,1H3,(H,29,30,32,33). The SMILES string of the molecule is CC1(CO)CCN(c2cc(Nc3ccnc(-c4cnn(S(=O)(=O)C5CC5)c4)n3)ncc2C#CC2(O)CCC2)CC1. The molecule has 3 aromatic rings. The first-order chi connectivity index (χ1) is 19.2. The number of aliphatic hydroxyl groups excluding tert-OH is 1. The Morgan fingerprint density at radius 2 is 1.90 bits per heavy atom. The molecule has 40 heavy (non-hydrogen) atoms. The van der Waals surface area contributed by atoms with Gasteiger partial charge >= 0.3 is 0 Å². The van der Waals surface area contributed by atoms with E-state index in [0.717, 1.165) is 47.7 Å². The highest BCUT2D eigenvalue weighted by atomic mass is 32.2. The topological polar surface area (TPSA) is 146 Å². The van der Waals surface area contributed by atoms with E-state index in [1.807, 2.05) is 6.07 Å². The number of nitrogens with zero attached hydrogens (tertiary/aromatic N) is 6. The van der Waals surface area contributed by atoms with E-state index in [-0.39, 0.29) is 17.3 Å². The summed E-state index contributed by atoms with van der Waals surface area (Å²) in [7, 11) is -3.47. The summed E-state index contributed by atoms with van der Waals surface area (Å²) in [5, 5.41) is 27.2. The molecule has 2 aliphatic carbocycles. The maximum absolute atomic E-state index is 12.5. The Hall–Kier alpha value is -3.53. The minimum absolute atomic E-state index is 0.0965. The van der Waals surface area contributed by atoms with E-state index in [2.05, 4.69) is 49.0 Å². The van der Waals surface area contributed by atoms with Gasteiger partial charge < -0.3 is 20.4 Å². The highest BCUT2D eigenvalue weighted by Gasteiger charge is 2.38. The van der Waals surface area contributed by atoms with Crippen LogP contribution in [0.4, 0.5) is 17.3 Å². The van der Waals surface area contributed by atoms with Crippen molar-refractivity contribution in [3.8, 4) is 23.2 Å². The Labute approximate surface area is 233 Å². The Morgan fingerprint density at radius 1 is 1.12 bits per heavy atom. The molecular formula is C28H33N7O4S. The van der Waals surface area contributed by atoms with Crippen molar-refractivity contribution < 1.29 is 18.6 Å². The maximum atomic E-state index is 12.5. The predicted octanol–water partition coefficient (Wildman–Crippen LogP) is 2.68. The van der Waals surface area contributed by atoms with Gasteiger partial charge in [-0.2, -0.15) is 9.19 Å². The minimum Gasteiger partial charge on any atom is -0.396 e. The van der Waals surface area contributed by atoms with E-state index < -0.39 is 15.6 Å². The number of hydrogen-bond acceptors (Lipinski definition) is 10. The van der Waals surface area contributed by atoms with Crippen molar-refractivity contribution in [2.75, 3.05) is 29.9 Å². The van der Waals surface area contributed by atoms with Gasteiger partial charge in [-0.05, 0) is 56.4 Å². The lowest BCUT2D eigenvalue weighted by Crippen LogP contribution is -2.40. The molecule has 3 N–H and O–H groups in total. The lowest BCUT2D eigenvalue weighted by atomic mass is 9.80. The molecule has 1 aliphatic heterocycles. The monoisotopic (exact) mass is 563 g/mol. The highest BCUT2D eigenvalue weighted by molar-refractivity contribution is 7.90. The number of aromatic nitrogens is 5. The quantitative estimate of drug-likeness (QED) is 0.367. The predicted molar refractivity (Wildman–Crippen MR) is 150 cm³/mol. The molecule has 12 heteroatoms. The number of rotatable bonds is 7. The zero-order valence-electron chi connectivity index (χ0n) is 22.4. The van der Waals surface area contributed by atoms with Crippen LogP contribution >= 0.6 is 0 Å². The van der Waals surface area contributed by atoms with Crippen molar-refractivity contribution in [2.45, 2.75) is 62.7 Å². The number of aliphatic hydroxyl groups is 2. The van der Waals surface area contributed by atoms with Gasteiger partial charge in [-0.1, -0.05) is 18.8 Å². The molecule has 1 saturated heterocycles. The number of anilines is 3. The van der Waals surface area contributed by atoms with Crippen LogP contribution < -0.4 is 10.2 Å². The number of piperidine rings is 1. The second-order valence-electron chi connectivity index (χ2n) is 11.4. The lowest BCUT2D eigenvalue weighted by Gasteiger charge is -2.39. The van der Waals surface area contributed by atoms with Crippen molar-refractivity contribution >= 4 is 27.3 Å². The molecule has 3 fully saturated rings. The van der Waals surface area contributed by atoms with E-state index in [1.54, 1.807) is 18.5 Å². The Bertz CT molecular complexity index is 1580. The average Bonchev–Trinajstić information content (AvgIpc) is 3.69. The first-order valence-corrected chi connectivity index (χ1v) is 15.2. The number of nitrogens with one attached hydrogen (secondary N) is 1. The van der Waals surface area contributed by atoms with Crippen LogP contribution in [0.1, 0.15) is 57.4 Å².